The summed E-state index contributed by atoms with van der Waals surface area (Å²) in [5.74, 6) is 0.0243. The first-order chi connectivity index (χ1) is 17.9. The first-order valence-electron chi connectivity index (χ1n) is 12.6. The Bertz CT molecular complexity index is 1150. The van der Waals surface area contributed by atoms with Crippen molar-refractivity contribution >= 4 is 41.0 Å². The number of ether oxygens (including phenoxy) is 1. The van der Waals surface area contributed by atoms with E-state index in [4.69, 9.17) is 16.3 Å². The van der Waals surface area contributed by atoms with Crippen LogP contribution in [0.3, 0.4) is 0 Å². The van der Waals surface area contributed by atoms with E-state index < -0.39 is 6.04 Å². The Labute approximate surface area is 221 Å². The summed E-state index contributed by atoms with van der Waals surface area (Å²) in [5.41, 5.74) is 1.02. The van der Waals surface area contributed by atoms with Crippen molar-refractivity contribution in [3.8, 4) is 5.75 Å². The van der Waals surface area contributed by atoms with Crippen molar-refractivity contribution < 1.29 is 19.1 Å². The monoisotopic (exact) mass is 525 g/mol. The number of halogens is 1. The summed E-state index contributed by atoms with van der Waals surface area (Å²) in [5, 5.41) is 6.28. The molecule has 2 aromatic rings. The average Bonchev–Trinajstić information content (AvgIpc) is 3.39. The van der Waals surface area contributed by atoms with Crippen LogP contribution in [0.5, 0.6) is 5.75 Å². The van der Waals surface area contributed by atoms with Crippen LogP contribution in [-0.2, 0) is 9.59 Å². The Morgan fingerprint density at radius 2 is 1.78 bits per heavy atom. The van der Waals surface area contributed by atoms with E-state index in [1.807, 2.05) is 11.0 Å². The second-order valence-electron chi connectivity index (χ2n) is 9.13. The topological polar surface area (TPSA) is 103 Å². The Hall–Kier alpha value is -3.59. The molecule has 4 rings (SSSR count). The van der Waals surface area contributed by atoms with Gasteiger partial charge in [0.2, 0.25) is 17.8 Å². The van der Waals surface area contributed by atoms with Crippen LogP contribution >= 0.6 is 11.6 Å². The second kappa shape index (κ2) is 12.6. The number of carbonyl (C=O) groups is 3. The van der Waals surface area contributed by atoms with Crippen molar-refractivity contribution in [1.29, 1.82) is 0 Å². The van der Waals surface area contributed by atoms with Crippen LogP contribution < -0.4 is 15.4 Å². The lowest BCUT2D eigenvalue weighted by Gasteiger charge is -2.25. The van der Waals surface area contributed by atoms with Crippen LogP contribution in [0.15, 0.2) is 53.5 Å². The van der Waals surface area contributed by atoms with Crippen molar-refractivity contribution in [1.82, 2.24) is 15.1 Å². The van der Waals surface area contributed by atoms with E-state index in [-0.39, 0.29) is 30.2 Å². The van der Waals surface area contributed by atoms with Gasteiger partial charge >= 0.3 is 0 Å². The number of guanidine groups is 1. The molecular weight excluding hydrogens is 494 g/mol. The lowest BCUT2D eigenvalue weighted by molar-refractivity contribution is -0.140. The van der Waals surface area contributed by atoms with E-state index in [0.29, 0.717) is 35.0 Å². The van der Waals surface area contributed by atoms with Crippen molar-refractivity contribution in [2.75, 3.05) is 38.6 Å². The summed E-state index contributed by atoms with van der Waals surface area (Å²) in [7, 11) is 1.53. The van der Waals surface area contributed by atoms with Crippen molar-refractivity contribution in [2.45, 2.75) is 38.1 Å². The second-order valence-corrected chi connectivity index (χ2v) is 9.54. The third kappa shape index (κ3) is 7.01. The lowest BCUT2D eigenvalue weighted by Crippen LogP contribution is -2.45. The van der Waals surface area contributed by atoms with Gasteiger partial charge in [0.25, 0.3) is 5.91 Å². The number of likely N-dealkylation sites (tertiary alicyclic amines) is 2. The zero-order valence-electron chi connectivity index (χ0n) is 20.9. The van der Waals surface area contributed by atoms with Crippen LogP contribution in [0.1, 0.15) is 42.5 Å². The molecule has 0 aromatic heterocycles. The zero-order chi connectivity index (χ0) is 26.2. The largest absolute Gasteiger partial charge is 0.495 e. The molecule has 10 heteroatoms. The van der Waals surface area contributed by atoms with Crippen molar-refractivity contribution in [2.24, 2.45) is 4.99 Å². The number of rotatable bonds is 6. The highest BCUT2D eigenvalue weighted by molar-refractivity contribution is 6.32. The van der Waals surface area contributed by atoms with E-state index in [0.717, 1.165) is 38.8 Å². The Morgan fingerprint density at radius 3 is 2.49 bits per heavy atom. The number of methoxy groups -OCH3 is 1. The smallest absolute Gasteiger partial charge is 0.257 e. The molecule has 0 spiro atoms. The first-order valence-corrected chi connectivity index (χ1v) is 12.9. The minimum absolute atomic E-state index is 0.0286. The van der Waals surface area contributed by atoms with Gasteiger partial charge in [0.1, 0.15) is 11.8 Å². The lowest BCUT2D eigenvalue weighted by atomic mass is 10.1. The average molecular weight is 526 g/mol. The molecule has 196 valence electrons. The fourth-order valence-electron chi connectivity index (χ4n) is 4.49. The maximum absolute atomic E-state index is 13.4. The summed E-state index contributed by atoms with van der Waals surface area (Å²) in [6.07, 6.45) is 4.08. The summed E-state index contributed by atoms with van der Waals surface area (Å²) < 4.78 is 5.22. The maximum atomic E-state index is 13.4. The minimum Gasteiger partial charge on any atom is -0.495 e. The number of benzene rings is 2. The molecule has 2 aliphatic heterocycles. The molecule has 1 atom stereocenters. The van der Waals surface area contributed by atoms with E-state index >= 15 is 0 Å². The molecule has 0 aliphatic carbocycles. The molecular formula is C27H32ClN5O4. The van der Waals surface area contributed by atoms with Gasteiger partial charge in [-0.15, -0.1) is 0 Å². The summed E-state index contributed by atoms with van der Waals surface area (Å²) in [4.78, 5) is 47.2. The number of hydrogen-bond acceptors (Lipinski definition) is 5. The molecule has 0 bridgehead atoms. The molecule has 37 heavy (non-hydrogen) atoms. The number of aliphatic imine (C=N–C) groups is 1. The molecule has 9 nitrogen and oxygen atoms in total. The summed E-state index contributed by atoms with van der Waals surface area (Å²) in [6.45, 7) is 2.05. The number of nitrogens with one attached hydrogen (secondary N) is 2. The Kier molecular flexibility index (Phi) is 9.00. The van der Waals surface area contributed by atoms with Crippen LogP contribution in [0, 0.1) is 0 Å². The fraction of sp³-hybridized carbons (Fsp3) is 0.407. The van der Waals surface area contributed by atoms with E-state index in [1.165, 1.54) is 7.11 Å². The third-order valence-electron chi connectivity index (χ3n) is 6.50. The molecule has 2 saturated heterocycles. The maximum Gasteiger partial charge on any atom is 0.257 e. The van der Waals surface area contributed by atoms with Crippen molar-refractivity contribution in [3.63, 3.8) is 0 Å². The van der Waals surface area contributed by atoms with E-state index in [1.54, 1.807) is 47.4 Å². The normalized spacial score (nSPS) is 18.4. The molecule has 0 radical (unpaired) electrons. The van der Waals surface area contributed by atoms with E-state index in [9.17, 15) is 14.4 Å². The summed E-state index contributed by atoms with van der Waals surface area (Å²) in [6, 6.07) is 13.1. The van der Waals surface area contributed by atoms with Gasteiger partial charge in [-0.3, -0.25) is 19.7 Å². The highest BCUT2D eigenvalue weighted by Gasteiger charge is 2.30. The molecule has 0 saturated carbocycles. The van der Waals surface area contributed by atoms with Gasteiger partial charge in [-0.25, -0.2) is 4.99 Å². The van der Waals surface area contributed by atoms with Crippen molar-refractivity contribution in [3.05, 3.63) is 59.1 Å². The predicted octanol–water partition coefficient (Wildman–Crippen LogP) is 3.55. The number of anilines is 1. The fourth-order valence-corrected chi connectivity index (χ4v) is 4.75. The van der Waals surface area contributed by atoms with Crippen LogP contribution in [0.25, 0.3) is 0 Å². The molecule has 3 amide bonds. The molecule has 2 aliphatic rings. The quantitative estimate of drug-likeness (QED) is 0.443. The van der Waals surface area contributed by atoms with Gasteiger partial charge in [-0.2, -0.15) is 0 Å². The number of amides is 3. The first kappa shape index (κ1) is 26.5. The minimum atomic E-state index is -0.735. The third-order valence-corrected chi connectivity index (χ3v) is 6.80. The molecule has 2 fully saturated rings. The number of carbonyl (C=O) groups excluding carboxylic acids is 3. The van der Waals surface area contributed by atoms with Crippen LogP contribution in [0.4, 0.5) is 5.69 Å². The van der Waals surface area contributed by atoms with Crippen LogP contribution in [-0.4, -0.2) is 72.8 Å². The van der Waals surface area contributed by atoms with Crippen LogP contribution in [0.2, 0.25) is 5.02 Å². The molecule has 0 unspecified atom stereocenters. The van der Waals surface area contributed by atoms with Gasteiger partial charge in [-0.1, -0.05) is 29.8 Å². The summed E-state index contributed by atoms with van der Waals surface area (Å²) >= 11 is 6.28. The standard InChI is InChI=1S/C27H32ClN5O4/c1-37-23-13-12-20(17-21(23)28)29-27(31-25(35)19-9-3-2-4-10-19)30-22-11-5-6-16-33(26(22)36)18-24(34)32-14-7-8-15-32/h2-4,9-10,12-13,17,22H,5-8,11,14-16,18H2,1H3,(H2,29,30,31,35)/t22-/m0/s1. The van der Waals surface area contributed by atoms with Gasteiger partial charge in [-0.05, 0) is 62.4 Å². The predicted molar refractivity (Wildman–Crippen MR) is 143 cm³/mol. The highest BCUT2D eigenvalue weighted by atomic mass is 35.5. The molecule has 2 aromatic carbocycles. The zero-order valence-corrected chi connectivity index (χ0v) is 21.7. The highest BCUT2D eigenvalue weighted by Crippen LogP contribution is 2.27. The van der Waals surface area contributed by atoms with Gasteiger partial charge in [0, 0.05) is 30.9 Å². The Morgan fingerprint density at radius 1 is 1.05 bits per heavy atom. The van der Waals surface area contributed by atoms with Gasteiger partial charge in [0.05, 0.1) is 18.7 Å². The Balaban J connectivity index is 1.56. The van der Waals surface area contributed by atoms with Gasteiger partial charge < -0.3 is 19.9 Å². The van der Waals surface area contributed by atoms with E-state index in [2.05, 4.69) is 15.6 Å². The SMILES string of the molecule is COc1ccc(NC(=N[C@H]2CCCCN(CC(=O)N3CCCC3)C2=O)NC(=O)c2ccccc2)cc1Cl. The number of nitrogens with zero attached hydrogens (tertiary/aromatic N) is 3. The van der Waals surface area contributed by atoms with Gasteiger partial charge in [0.15, 0.2) is 0 Å². The molecule has 2 N–H and O–H groups in total. The number of hydrogen-bond donors (Lipinski definition) is 2. The molecule has 2 heterocycles.